The normalized spacial score (nSPS) is 23.4. The number of nitrogens with zero attached hydrogens (tertiary/aromatic N) is 2. The lowest BCUT2D eigenvalue weighted by molar-refractivity contribution is -0.143. The van der Waals surface area contributed by atoms with Crippen LogP contribution in [0.15, 0.2) is 35.8 Å². The molecule has 3 fully saturated rings. The molecule has 1 aliphatic carbocycles. The molecule has 3 aliphatic rings. The molecule has 2 atom stereocenters. The van der Waals surface area contributed by atoms with Crippen molar-refractivity contribution in [2.75, 3.05) is 13.1 Å². The van der Waals surface area contributed by atoms with E-state index in [2.05, 4.69) is 27.8 Å². The number of rotatable bonds is 5. The Labute approximate surface area is 228 Å². The Morgan fingerprint density at radius 3 is 2.65 bits per heavy atom. The monoisotopic (exact) mass is 549 g/mol. The van der Waals surface area contributed by atoms with Crippen LogP contribution in [0, 0.1) is 23.2 Å². The number of benzene rings is 1. The van der Waals surface area contributed by atoms with Crippen molar-refractivity contribution in [2.24, 2.45) is 23.2 Å². The molecule has 2 unspecified atom stereocenters. The summed E-state index contributed by atoms with van der Waals surface area (Å²) >= 11 is 10.3. The highest BCUT2D eigenvalue weighted by Gasteiger charge is 2.72. The van der Waals surface area contributed by atoms with E-state index < -0.39 is 0 Å². The van der Waals surface area contributed by atoms with Crippen LogP contribution < -0.4 is 5.32 Å². The molecule has 7 rings (SSSR count). The summed E-state index contributed by atoms with van der Waals surface area (Å²) in [6, 6.07) is 8.38. The zero-order valence-corrected chi connectivity index (χ0v) is 23.2. The van der Waals surface area contributed by atoms with Crippen LogP contribution in [0.5, 0.6) is 0 Å². The van der Waals surface area contributed by atoms with Crippen molar-refractivity contribution in [3.05, 3.63) is 51.3 Å². The molecule has 1 N–H and O–H groups in total. The molecule has 4 aromatic rings. The standard InChI is InChI=1S/C29H28ClN3O2S2/c1-29(2)24-25(29)28(35)33(27(24)34)13-18-12-21-26(37-18)19(5-8-32-21)16-10-20(30)23-17(14-36-22(23)11-16)9-15-3-6-31-7-4-15/h5,8,10-12,14-15,24-25,31H,3-4,6-7,9,13H2,1-2H3. The number of pyridine rings is 1. The molecule has 2 amide bonds. The summed E-state index contributed by atoms with van der Waals surface area (Å²) < 4.78 is 2.27. The Bertz CT molecular complexity index is 1560. The van der Waals surface area contributed by atoms with Crippen molar-refractivity contribution >= 4 is 66.4 Å². The van der Waals surface area contributed by atoms with Gasteiger partial charge in [-0.15, -0.1) is 22.7 Å². The number of hydrogen-bond donors (Lipinski definition) is 1. The Kier molecular flexibility index (Phi) is 5.52. The average molecular weight is 550 g/mol. The minimum atomic E-state index is -0.188. The molecule has 190 valence electrons. The topological polar surface area (TPSA) is 62.3 Å². The number of carbonyl (C=O) groups is 2. The lowest BCUT2D eigenvalue weighted by Gasteiger charge is -2.22. The molecule has 1 saturated carbocycles. The molecule has 3 aromatic heterocycles. The van der Waals surface area contributed by atoms with Gasteiger partial charge >= 0.3 is 0 Å². The number of hydrogen-bond acceptors (Lipinski definition) is 6. The van der Waals surface area contributed by atoms with Gasteiger partial charge in [0.2, 0.25) is 11.8 Å². The molecule has 0 bridgehead atoms. The van der Waals surface area contributed by atoms with Gasteiger partial charge in [-0.1, -0.05) is 25.4 Å². The van der Waals surface area contributed by atoms with E-state index in [4.69, 9.17) is 11.6 Å². The average Bonchev–Trinajstić information content (AvgIpc) is 3.24. The minimum absolute atomic E-state index is 0.0270. The fraction of sp³-hybridized carbons (Fsp3) is 0.414. The SMILES string of the molecule is CC1(C)C2C(=O)N(Cc3cc4nccc(-c5cc(Cl)c6c(CC7CCNCC7)csc6c5)c4s3)C(=O)C21. The van der Waals surface area contributed by atoms with Gasteiger partial charge in [-0.2, -0.15) is 0 Å². The van der Waals surface area contributed by atoms with Crippen molar-refractivity contribution in [2.45, 2.75) is 39.7 Å². The number of thiophene rings is 2. The van der Waals surface area contributed by atoms with Crippen molar-refractivity contribution < 1.29 is 9.59 Å². The molecule has 5 heterocycles. The zero-order valence-electron chi connectivity index (χ0n) is 20.8. The minimum Gasteiger partial charge on any atom is -0.317 e. The first-order valence-corrected chi connectivity index (χ1v) is 15.0. The molecule has 0 spiro atoms. The Morgan fingerprint density at radius 2 is 1.89 bits per heavy atom. The maximum absolute atomic E-state index is 12.8. The maximum Gasteiger partial charge on any atom is 0.234 e. The first-order valence-electron chi connectivity index (χ1n) is 13.0. The maximum atomic E-state index is 12.8. The summed E-state index contributed by atoms with van der Waals surface area (Å²) in [7, 11) is 0. The van der Waals surface area contributed by atoms with Gasteiger partial charge in [0.25, 0.3) is 0 Å². The third-order valence-electron chi connectivity index (χ3n) is 8.65. The zero-order chi connectivity index (χ0) is 25.5. The number of piperidine rings is 2. The molecular weight excluding hydrogens is 522 g/mol. The van der Waals surface area contributed by atoms with E-state index in [1.54, 1.807) is 22.7 Å². The summed E-state index contributed by atoms with van der Waals surface area (Å²) in [6.07, 6.45) is 5.35. The molecule has 8 heteroatoms. The van der Waals surface area contributed by atoms with E-state index in [1.165, 1.54) is 33.4 Å². The van der Waals surface area contributed by atoms with Crippen molar-refractivity contribution in [3.63, 3.8) is 0 Å². The van der Waals surface area contributed by atoms with E-state index in [1.807, 2.05) is 32.2 Å². The first kappa shape index (κ1) is 23.8. The second-order valence-electron chi connectivity index (χ2n) is 11.3. The summed E-state index contributed by atoms with van der Waals surface area (Å²) in [5, 5.41) is 7.73. The van der Waals surface area contributed by atoms with E-state index in [0.29, 0.717) is 12.5 Å². The molecular formula is C29H28ClN3O2S2. The van der Waals surface area contributed by atoms with Crippen molar-refractivity contribution in [1.82, 2.24) is 15.2 Å². The van der Waals surface area contributed by atoms with Gasteiger partial charge in [0, 0.05) is 26.7 Å². The lowest BCUT2D eigenvalue weighted by Crippen LogP contribution is -2.35. The third-order valence-corrected chi connectivity index (χ3v) is 11.1. The first-order chi connectivity index (χ1) is 17.8. The van der Waals surface area contributed by atoms with E-state index >= 15 is 0 Å². The van der Waals surface area contributed by atoms with Gasteiger partial charge in [0.15, 0.2) is 0 Å². The lowest BCUT2D eigenvalue weighted by atomic mass is 9.90. The molecule has 37 heavy (non-hydrogen) atoms. The van der Waals surface area contributed by atoms with Crippen LogP contribution in [0.25, 0.3) is 31.4 Å². The second kappa shape index (κ2) is 8.60. The number of aromatic nitrogens is 1. The number of amides is 2. The van der Waals surface area contributed by atoms with Crippen LogP contribution in [-0.4, -0.2) is 34.8 Å². The van der Waals surface area contributed by atoms with Crippen LogP contribution in [0.1, 0.15) is 37.1 Å². The number of nitrogens with one attached hydrogen (secondary N) is 1. The van der Waals surface area contributed by atoms with Crippen molar-refractivity contribution in [3.8, 4) is 11.1 Å². The Balaban J connectivity index is 1.19. The van der Waals surface area contributed by atoms with Gasteiger partial charge < -0.3 is 5.32 Å². The number of fused-ring (bicyclic) bond motifs is 3. The van der Waals surface area contributed by atoms with Crippen LogP contribution in [0.2, 0.25) is 5.02 Å². The van der Waals surface area contributed by atoms with E-state index in [0.717, 1.165) is 50.8 Å². The fourth-order valence-electron chi connectivity index (χ4n) is 6.49. The van der Waals surface area contributed by atoms with Gasteiger partial charge in [-0.05, 0) is 84.5 Å². The van der Waals surface area contributed by atoms with Crippen LogP contribution in [0.4, 0.5) is 0 Å². The summed E-state index contributed by atoms with van der Waals surface area (Å²) in [4.78, 5) is 32.7. The predicted molar refractivity (Wildman–Crippen MR) is 151 cm³/mol. The summed E-state index contributed by atoms with van der Waals surface area (Å²) in [6.45, 7) is 6.55. The number of likely N-dealkylation sites (tertiary alicyclic amines) is 1. The largest absolute Gasteiger partial charge is 0.317 e. The highest BCUT2D eigenvalue weighted by Crippen LogP contribution is 2.63. The van der Waals surface area contributed by atoms with Crippen molar-refractivity contribution in [1.29, 1.82) is 0 Å². The van der Waals surface area contributed by atoms with Gasteiger partial charge in [-0.25, -0.2) is 0 Å². The van der Waals surface area contributed by atoms with Gasteiger partial charge in [0.1, 0.15) is 0 Å². The Morgan fingerprint density at radius 1 is 1.14 bits per heavy atom. The number of carbonyl (C=O) groups excluding carboxylic acids is 2. The molecule has 2 saturated heterocycles. The van der Waals surface area contributed by atoms with Gasteiger partial charge in [-0.3, -0.25) is 19.5 Å². The van der Waals surface area contributed by atoms with Crippen LogP contribution in [0.3, 0.4) is 0 Å². The highest BCUT2D eigenvalue weighted by molar-refractivity contribution is 7.19. The summed E-state index contributed by atoms with van der Waals surface area (Å²) in [5.74, 6) is 0.358. The fourth-order valence-corrected chi connectivity index (χ4v) is 9.06. The second-order valence-corrected chi connectivity index (χ2v) is 13.8. The predicted octanol–water partition coefficient (Wildman–Crippen LogP) is 6.51. The van der Waals surface area contributed by atoms with Crippen LogP contribution in [-0.2, 0) is 22.6 Å². The quantitative estimate of drug-likeness (QED) is 0.288. The summed E-state index contributed by atoms with van der Waals surface area (Å²) in [5.41, 5.74) is 4.22. The van der Waals surface area contributed by atoms with Crippen LogP contribution >= 0.6 is 34.3 Å². The number of halogens is 1. The molecule has 5 nitrogen and oxygen atoms in total. The Hall–Kier alpha value is -2.32. The number of imide groups is 1. The molecule has 1 aromatic carbocycles. The third kappa shape index (κ3) is 3.77. The van der Waals surface area contributed by atoms with Gasteiger partial charge in [0.05, 0.1) is 33.6 Å². The van der Waals surface area contributed by atoms with E-state index in [-0.39, 0.29) is 29.1 Å². The highest BCUT2D eigenvalue weighted by atomic mass is 35.5. The molecule has 2 aliphatic heterocycles. The smallest absolute Gasteiger partial charge is 0.234 e. The molecule has 0 radical (unpaired) electrons. The van der Waals surface area contributed by atoms with E-state index in [9.17, 15) is 9.59 Å².